The molecule has 0 spiro atoms. The predicted molar refractivity (Wildman–Crippen MR) is 74.3 cm³/mol. The van der Waals surface area contributed by atoms with E-state index in [2.05, 4.69) is 15.9 Å². The van der Waals surface area contributed by atoms with Crippen molar-refractivity contribution in [3.8, 4) is 0 Å². The minimum atomic E-state index is 0.0544. The number of halogens is 2. The molecule has 0 aliphatic heterocycles. The summed E-state index contributed by atoms with van der Waals surface area (Å²) < 4.78 is 0.808. The van der Waals surface area contributed by atoms with E-state index >= 15 is 0 Å². The van der Waals surface area contributed by atoms with E-state index in [0.717, 1.165) is 14.2 Å². The van der Waals surface area contributed by atoms with Gasteiger partial charge in [0.2, 0.25) is 5.78 Å². The normalized spacial score (nSPS) is 10.8. The average Bonchev–Trinajstić information content (AvgIpc) is 2.72. The fraction of sp³-hybridized carbons (Fsp3) is 0.182. The van der Waals surface area contributed by atoms with Gasteiger partial charge in [0.05, 0.1) is 18.6 Å². The highest BCUT2D eigenvalue weighted by atomic mass is 79.9. The van der Waals surface area contributed by atoms with E-state index in [-0.39, 0.29) is 5.78 Å². The monoisotopic (exact) mass is 334 g/mol. The van der Waals surface area contributed by atoms with Gasteiger partial charge in [-0.25, -0.2) is 0 Å². The molecule has 16 heavy (non-hydrogen) atoms. The van der Waals surface area contributed by atoms with E-state index in [1.165, 1.54) is 27.6 Å². The topological polar surface area (TPSA) is 17.1 Å². The summed E-state index contributed by atoms with van der Waals surface area (Å²) in [5.41, 5.74) is 1.16. The zero-order chi connectivity index (χ0) is 11.9. The number of carbonyl (C=O) groups is 1. The Hall–Kier alpha value is -0.160. The van der Waals surface area contributed by atoms with Crippen LogP contribution in [0.4, 0.5) is 0 Å². The van der Waals surface area contributed by atoms with Crippen molar-refractivity contribution in [3.63, 3.8) is 0 Å². The van der Waals surface area contributed by atoms with Crippen molar-refractivity contribution in [2.24, 2.45) is 0 Å². The number of carbonyl (C=O) groups excluding carboxylic acids is 1. The molecule has 0 aromatic carbocycles. The fourth-order valence-corrected chi connectivity index (χ4v) is 3.97. The van der Waals surface area contributed by atoms with Gasteiger partial charge in [0.1, 0.15) is 0 Å². The van der Waals surface area contributed by atoms with Crippen LogP contribution in [-0.2, 0) is 0 Å². The highest BCUT2D eigenvalue weighted by Crippen LogP contribution is 2.34. The maximum absolute atomic E-state index is 12.1. The number of thiophene rings is 2. The predicted octanol–water partition coefficient (Wildman–Crippen LogP) is 5.07. The Bertz CT molecular complexity index is 469. The second-order valence-corrected chi connectivity index (χ2v) is 7.44. The smallest absolute Gasteiger partial charge is 0.212 e. The number of hydrogen-bond donors (Lipinski definition) is 0. The molecule has 0 saturated heterocycles. The Kier molecular flexibility index (Phi) is 3.54. The van der Waals surface area contributed by atoms with E-state index in [0.29, 0.717) is 9.90 Å². The lowest BCUT2D eigenvalue weighted by Gasteiger charge is -1.90. The zero-order valence-corrected chi connectivity index (χ0v) is 12.6. The Labute approximate surface area is 115 Å². The van der Waals surface area contributed by atoms with E-state index in [9.17, 15) is 4.79 Å². The number of rotatable bonds is 2. The molecule has 0 atom stereocenters. The summed E-state index contributed by atoms with van der Waals surface area (Å²) in [7, 11) is 0. The first-order valence-corrected chi connectivity index (χ1v) is 7.36. The van der Waals surface area contributed by atoms with Gasteiger partial charge in [-0.15, -0.1) is 22.7 Å². The molecule has 5 heteroatoms. The molecule has 0 N–H and O–H groups in total. The first kappa shape index (κ1) is 12.3. The maximum atomic E-state index is 12.1. The van der Waals surface area contributed by atoms with Gasteiger partial charge in [0.15, 0.2) is 0 Å². The van der Waals surface area contributed by atoms with Crippen LogP contribution in [-0.4, -0.2) is 5.78 Å². The van der Waals surface area contributed by atoms with Gasteiger partial charge < -0.3 is 0 Å². The SMILES string of the molecule is Cc1cc(C(=O)c2cc(Cl)c(Br)s2)sc1C. The van der Waals surface area contributed by atoms with Crippen molar-refractivity contribution >= 4 is 56.0 Å². The van der Waals surface area contributed by atoms with E-state index in [1.54, 1.807) is 6.07 Å². The summed E-state index contributed by atoms with van der Waals surface area (Å²) in [5.74, 6) is 0.0544. The van der Waals surface area contributed by atoms with Crippen molar-refractivity contribution in [3.05, 3.63) is 41.1 Å². The first-order chi connectivity index (χ1) is 7.49. The molecule has 0 aliphatic carbocycles. The van der Waals surface area contributed by atoms with Crippen LogP contribution in [0.15, 0.2) is 15.9 Å². The lowest BCUT2D eigenvalue weighted by Crippen LogP contribution is -1.94. The standard InChI is InChI=1S/C11H8BrClOS2/c1-5-3-8(15-6(5)2)10(14)9-4-7(13)11(12)16-9/h3-4H,1-2H3. The lowest BCUT2D eigenvalue weighted by molar-refractivity contribution is 0.104. The molecule has 2 aromatic rings. The van der Waals surface area contributed by atoms with Crippen molar-refractivity contribution in [1.29, 1.82) is 0 Å². The third-order valence-corrected chi connectivity index (χ3v) is 5.88. The summed E-state index contributed by atoms with van der Waals surface area (Å²) in [5, 5.41) is 0.596. The second kappa shape index (κ2) is 4.61. The highest BCUT2D eigenvalue weighted by Gasteiger charge is 2.16. The molecule has 1 nitrogen and oxygen atoms in total. The number of ketones is 1. The molecule has 84 valence electrons. The molecule has 0 radical (unpaired) electrons. The summed E-state index contributed by atoms with van der Waals surface area (Å²) in [4.78, 5) is 14.8. The minimum Gasteiger partial charge on any atom is -0.287 e. The molecule has 2 heterocycles. The highest BCUT2D eigenvalue weighted by molar-refractivity contribution is 9.11. The van der Waals surface area contributed by atoms with Crippen LogP contribution >= 0.6 is 50.2 Å². The van der Waals surface area contributed by atoms with Crippen LogP contribution in [0.1, 0.15) is 25.0 Å². The Morgan fingerprint density at radius 1 is 1.25 bits per heavy atom. The van der Waals surface area contributed by atoms with Crippen LogP contribution in [0.3, 0.4) is 0 Å². The van der Waals surface area contributed by atoms with Crippen LogP contribution in [0.2, 0.25) is 5.02 Å². The third kappa shape index (κ3) is 2.25. The molecule has 0 amide bonds. The molecule has 2 rings (SSSR count). The van der Waals surface area contributed by atoms with Crippen molar-refractivity contribution in [1.82, 2.24) is 0 Å². The summed E-state index contributed by atoms with van der Waals surface area (Å²) in [6.07, 6.45) is 0. The van der Waals surface area contributed by atoms with Gasteiger partial charge in [-0.1, -0.05) is 11.6 Å². The minimum absolute atomic E-state index is 0.0544. The fourth-order valence-electron chi connectivity index (χ4n) is 1.26. The maximum Gasteiger partial charge on any atom is 0.212 e. The molecular weight excluding hydrogens is 328 g/mol. The molecule has 0 saturated carbocycles. The number of aryl methyl sites for hydroxylation is 2. The van der Waals surface area contributed by atoms with E-state index < -0.39 is 0 Å². The Morgan fingerprint density at radius 2 is 1.88 bits per heavy atom. The zero-order valence-electron chi connectivity index (χ0n) is 8.64. The van der Waals surface area contributed by atoms with Crippen LogP contribution in [0.25, 0.3) is 0 Å². The van der Waals surface area contributed by atoms with Crippen LogP contribution in [0.5, 0.6) is 0 Å². The third-order valence-electron chi connectivity index (χ3n) is 2.26. The second-order valence-electron chi connectivity index (χ2n) is 3.41. The molecular formula is C11H8BrClOS2. The molecule has 0 unspecified atom stereocenters. The Morgan fingerprint density at radius 3 is 2.31 bits per heavy atom. The Balaban J connectivity index is 2.38. The van der Waals surface area contributed by atoms with Gasteiger partial charge in [0, 0.05) is 4.88 Å². The molecule has 0 bridgehead atoms. The molecule has 2 aromatic heterocycles. The van der Waals surface area contributed by atoms with Gasteiger partial charge in [-0.05, 0) is 47.5 Å². The van der Waals surface area contributed by atoms with Crippen molar-refractivity contribution in [2.45, 2.75) is 13.8 Å². The quantitative estimate of drug-likeness (QED) is 0.700. The van der Waals surface area contributed by atoms with E-state index in [4.69, 9.17) is 11.6 Å². The lowest BCUT2D eigenvalue weighted by atomic mass is 10.2. The largest absolute Gasteiger partial charge is 0.287 e. The first-order valence-electron chi connectivity index (χ1n) is 4.55. The average molecular weight is 336 g/mol. The van der Waals surface area contributed by atoms with Crippen LogP contribution in [0, 0.1) is 13.8 Å². The van der Waals surface area contributed by atoms with Gasteiger partial charge in [-0.2, -0.15) is 0 Å². The summed E-state index contributed by atoms with van der Waals surface area (Å²) in [6.45, 7) is 4.04. The van der Waals surface area contributed by atoms with Crippen molar-refractivity contribution < 1.29 is 4.79 Å². The summed E-state index contributed by atoms with van der Waals surface area (Å²) >= 11 is 12.1. The van der Waals surface area contributed by atoms with Gasteiger partial charge in [-0.3, -0.25) is 4.79 Å². The van der Waals surface area contributed by atoms with Gasteiger partial charge in [0.25, 0.3) is 0 Å². The summed E-state index contributed by atoms with van der Waals surface area (Å²) in [6, 6.07) is 3.65. The van der Waals surface area contributed by atoms with Gasteiger partial charge >= 0.3 is 0 Å². The molecule has 0 aliphatic rings. The van der Waals surface area contributed by atoms with Crippen LogP contribution < -0.4 is 0 Å². The van der Waals surface area contributed by atoms with E-state index in [1.807, 2.05) is 19.9 Å². The number of hydrogen-bond acceptors (Lipinski definition) is 3. The molecule has 0 fully saturated rings. The van der Waals surface area contributed by atoms with Crippen molar-refractivity contribution in [2.75, 3.05) is 0 Å².